The van der Waals surface area contributed by atoms with Crippen LogP contribution >= 0.6 is 15.2 Å². The van der Waals surface area contributed by atoms with Crippen LogP contribution in [0.5, 0.6) is 0 Å². The Morgan fingerprint density at radius 2 is 1.06 bits per heavy atom. The first-order chi connectivity index (χ1) is 14.6. The molecule has 1 saturated carbocycles. The van der Waals surface area contributed by atoms with Crippen molar-refractivity contribution in [3.8, 4) is 0 Å². The molecule has 1 fully saturated rings. The Morgan fingerprint density at radius 3 is 1.32 bits per heavy atom. The second kappa shape index (κ2) is 13.0. The fraction of sp³-hybridized carbons (Fsp3) is 0.882. The van der Waals surface area contributed by atoms with Crippen molar-refractivity contribution in [2.24, 2.45) is 0 Å². The summed E-state index contributed by atoms with van der Waals surface area (Å²) in [6.07, 6.45) is 0.906. The molecule has 2 N–H and O–H groups in total. The van der Waals surface area contributed by atoms with Gasteiger partial charge in [-0.1, -0.05) is 0 Å². The Bertz CT molecular complexity index is 623. The van der Waals surface area contributed by atoms with Gasteiger partial charge in [0, 0.05) is 12.1 Å². The summed E-state index contributed by atoms with van der Waals surface area (Å²) in [7, 11) is -8.53. The number of carbonyl (C=O) groups excluding carboxylic acids is 2. The molecular formula is C17H32F2N2O8P2. The first-order valence-corrected chi connectivity index (χ1v) is 13.5. The van der Waals surface area contributed by atoms with Crippen molar-refractivity contribution in [3.63, 3.8) is 0 Å². The summed E-state index contributed by atoms with van der Waals surface area (Å²) in [6, 6.07) is -1.09. The number of alkyl halides is 2. The Kier molecular flexibility index (Phi) is 11.8. The Morgan fingerprint density at radius 1 is 0.774 bits per heavy atom. The summed E-state index contributed by atoms with van der Waals surface area (Å²) in [5.74, 6) is -7.30. The minimum atomic E-state index is -4.26. The molecule has 0 aromatic rings. The number of hydrogen-bond donors (Lipinski definition) is 2. The van der Waals surface area contributed by atoms with E-state index in [1.54, 1.807) is 0 Å². The van der Waals surface area contributed by atoms with Crippen molar-refractivity contribution in [1.82, 2.24) is 10.6 Å². The monoisotopic (exact) mass is 492 g/mol. The summed E-state index contributed by atoms with van der Waals surface area (Å²) in [4.78, 5) is 24.3. The van der Waals surface area contributed by atoms with Crippen LogP contribution in [-0.2, 0) is 36.8 Å². The van der Waals surface area contributed by atoms with E-state index in [4.69, 9.17) is 18.1 Å². The van der Waals surface area contributed by atoms with Crippen molar-refractivity contribution in [2.45, 2.75) is 70.9 Å². The zero-order valence-electron chi connectivity index (χ0n) is 18.2. The van der Waals surface area contributed by atoms with E-state index in [1.165, 1.54) is 27.7 Å². The minimum absolute atomic E-state index is 0.0970. The van der Waals surface area contributed by atoms with E-state index in [0.29, 0.717) is 12.8 Å². The number of amides is 2. The van der Waals surface area contributed by atoms with Gasteiger partial charge >= 0.3 is 15.2 Å². The number of rotatable bonds is 14. The SMILES string of the molecule is CCOP(=O)(OCC)C(F)C(=O)N[C@@H]1CC[C@H](NC(=O)C(F)P(=O)(OCC)OCC)C1. The molecule has 0 radical (unpaired) electrons. The van der Waals surface area contributed by atoms with Gasteiger partial charge in [0.05, 0.1) is 26.4 Å². The fourth-order valence-electron chi connectivity index (χ4n) is 3.13. The second-order valence-electron chi connectivity index (χ2n) is 6.65. The van der Waals surface area contributed by atoms with Gasteiger partial charge in [-0.3, -0.25) is 18.7 Å². The molecule has 0 aromatic heterocycles. The highest BCUT2D eigenvalue weighted by Crippen LogP contribution is 2.54. The van der Waals surface area contributed by atoms with Crippen molar-refractivity contribution < 1.29 is 45.6 Å². The lowest BCUT2D eigenvalue weighted by Crippen LogP contribution is -2.42. The van der Waals surface area contributed by atoms with Crippen molar-refractivity contribution in [1.29, 1.82) is 0 Å². The topological polar surface area (TPSA) is 129 Å². The molecule has 14 heteroatoms. The summed E-state index contributed by atoms with van der Waals surface area (Å²) >= 11 is 0. The highest BCUT2D eigenvalue weighted by atomic mass is 31.2. The van der Waals surface area contributed by atoms with Crippen LogP contribution in [0.1, 0.15) is 47.0 Å². The quantitative estimate of drug-likeness (QED) is 0.354. The Labute approximate surface area is 181 Å². The van der Waals surface area contributed by atoms with Gasteiger partial charge in [0.2, 0.25) is 0 Å². The predicted molar refractivity (Wildman–Crippen MR) is 109 cm³/mol. The smallest absolute Gasteiger partial charge is 0.350 e. The maximum atomic E-state index is 14.5. The normalized spacial score (nSPS) is 21.5. The van der Waals surface area contributed by atoms with Crippen LogP contribution in [0.4, 0.5) is 8.78 Å². The summed E-state index contributed by atoms with van der Waals surface area (Å²) in [5.41, 5.74) is 0. The largest absolute Gasteiger partial charge is 0.374 e. The van der Waals surface area contributed by atoms with Crippen molar-refractivity contribution in [3.05, 3.63) is 0 Å². The van der Waals surface area contributed by atoms with Gasteiger partial charge in [-0.25, -0.2) is 8.78 Å². The third-order valence-corrected chi connectivity index (χ3v) is 8.40. The molecule has 2 unspecified atom stereocenters. The summed E-state index contributed by atoms with van der Waals surface area (Å²) in [6.45, 7) is 5.59. The average Bonchev–Trinajstić information content (AvgIpc) is 3.14. The number of carbonyl (C=O) groups is 2. The van der Waals surface area contributed by atoms with Crippen LogP contribution in [0.3, 0.4) is 0 Å². The van der Waals surface area contributed by atoms with Crippen LogP contribution in [0.2, 0.25) is 0 Å². The lowest BCUT2D eigenvalue weighted by molar-refractivity contribution is -0.125. The lowest BCUT2D eigenvalue weighted by atomic mass is 10.2. The highest BCUT2D eigenvalue weighted by Gasteiger charge is 2.44. The molecule has 31 heavy (non-hydrogen) atoms. The summed E-state index contributed by atoms with van der Waals surface area (Å²) < 4.78 is 73.0. The number of halogens is 2. The predicted octanol–water partition coefficient (Wildman–Crippen LogP) is 3.26. The standard InChI is InChI=1S/C17H32F2N2O8P2/c1-5-26-30(24,27-6-2)14(18)16(22)20-12-9-10-13(11-12)21-17(23)15(19)31(25,28-7-3)29-8-4/h12-15H,5-11H2,1-4H3,(H,20,22)(H,21,23)/t12-,13+,14?,15?. The third kappa shape index (κ3) is 7.87. The van der Waals surface area contributed by atoms with Gasteiger partial charge in [0.15, 0.2) is 0 Å². The first-order valence-electron chi connectivity index (χ1n) is 10.2. The molecule has 0 aliphatic heterocycles. The molecule has 0 saturated heterocycles. The van der Waals surface area contributed by atoms with Crippen LogP contribution in [0, 0.1) is 0 Å². The van der Waals surface area contributed by atoms with E-state index in [-0.39, 0.29) is 32.8 Å². The van der Waals surface area contributed by atoms with Gasteiger partial charge in [-0.15, -0.1) is 0 Å². The molecule has 2 amide bonds. The van der Waals surface area contributed by atoms with E-state index >= 15 is 0 Å². The average molecular weight is 492 g/mol. The van der Waals surface area contributed by atoms with E-state index in [1.807, 2.05) is 0 Å². The first kappa shape index (κ1) is 28.1. The molecular weight excluding hydrogens is 460 g/mol. The summed E-state index contributed by atoms with van der Waals surface area (Å²) in [5, 5.41) is 4.82. The van der Waals surface area contributed by atoms with E-state index in [2.05, 4.69) is 10.6 Å². The molecule has 1 rings (SSSR count). The fourth-order valence-corrected chi connectivity index (χ4v) is 5.96. The Balaban J connectivity index is 2.65. The van der Waals surface area contributed by atoms with Gasteiger partial charge in [0.25, 0.3) is 23.6 Å². The zero-order valence-corrected chi connectivity index (χ0v) is 20.0. The molecule has 0 aromatic carbocycles. The van der Waals surface area contributed by atoms with Crippen LogP contribution in [0.15, 0.2) is 0 Å². The van der Waals surface area contributed by atoms with Gasteiger partial charge in [-0.2, -0.15) is 0 Å². The number of nitrogens with one attached hydrogen (secondary N) is 2. The van der Waals surface area contributed by atoms with E-state index in [9.17, 15) is 27.5 Å². The van der Waals surface area contributed by atoms with E-state index in [0.717, 1.165) is 0 Å². The maximum Gasteiger partial charge on any atom is 0.374 e. The molecule has 1 aliphatic rings. The highest BCUT2D eigenvalue weighted by molar-refractivity contribution is 7.55. The van der Waals surface area contributed by atoms with Crippen LogP contribution in [-0.4, -0.2) is 62.2 Å². The molecule has 4 atom stereocenters. The van der Waals surface area contributed by atoms with Gasteiger partial charge < -0.3 is 28.7 Å². The Hall–Kier alpha value is -0.900. The van der Waals surface area contributed by atoms with Gasteiger partial charge in [0.1, 0.15) is 0 Å². The molecule has 0 spiro atoms. The molecule has 0 heterocycles. The lowest BCUT2D eigenvalue weighted by Gasteiger charge is -2.22. The zero-order chi connectivity index (χ0) is 23.7. The minimum Gasteiger partial charge on any atom is -0.350 e. The molecule has 0 bridgehead atoms. The van der Waals surface area contributed by atoms with Gasteiger partial charge in [-0.05, 0) is 47.0 Å². The maximum absolute atomic E-state index is 14.5. The van der Waals surface area contributed by atoms with Crippen LogP contribution in [0.25, 0.3) is 0 Å². The molecule has 10 nitrogen and oxygen atoms in total. The number of hydrogen-bond acceptors (Lipinski definition) is 8. The second-order valence-corrected chi connectivity index (χ2v) is 10.7. The van der Waals surface area contributed by atoms with Crippen molar-refractivity contribution in [2.75, 3.05) is 26.4 Å². The third-order valence-electron chi connectivity index (χ3n) is 4.35. The molecule has 1 aliphatic carbocycles. The van der Waals surface area contributed by atoms with Crippen molar-refractivity contribution >= 4 is 27.0 Å². The van der Waals surface area contributed by atoms with Crippen LogP contribution < -0.4 is 10.6 Å². The van der Waals surface area contributed by atoms with E-state index < -0.39 is 50.9 Å². The molecule has 182 valence electrons.